The molecule has 0 aliphatic heterocycles. The fraction of sp³-hybridized carbons (Fsp3) is 0.241. The summed E-state index contributed by atoms with van der Waals surface area (Å²) < 4.78 is 10.8. The van der Waals surface area contributed by atoms with Gasteiger partial charge in [0, 0.05) is 30.3 Å². The number of nitrogens with zero attached hydrogens (tertiary/aromatic N) is 2. The van der Waals surface area contributed by atoms with E-state index in [1.165, 1.54) is 0 Å². The van der Waals surface area contributed by atoms with Gasteiger partial charge < -0.3 is 19.8 Å². The van der Waals surface area contributed by atoms with Crippen LogP contribution in [0.25, 0.3) is 22.6 Å². The Morgan fingerprint density at radius 2 is 1.65 bits per heavy atom. The van der Waals surface area contributed by atoms with E-state index in [4.69, 9.17) is 9.15 Å². The topological polar surface area (TPSA) is 106 Å². The molecule has 4 rings (SSSR count). The third-order valence-corrected chi connectivity index (χ3v) is 5.49. The summed E-state index contributed by atoms with van der Waals surface area (Å²) in [5.41, 5.74) is 5.36. The van der Waals surface area contributed by atoms with E-state index in [2.05, 4.69) is 20.8 Å². The summed E-state index contributed by atoms with van der Waals surface area (Å²) in [7, 11) is 0. The fourth-order valence-electron chi connectivity index (χ4n) is 3.73. The molecule has 3 aromatic carbocycles. The first-order valence-electron chi connectivity index (χ1n) is 12.0. The highest BCUT2D eigenvalue weighted by atomic mass is 16.6. The van der Waals surface area contributed by atoms with Crippen molar-refractivity contribution >= 4 is 17.7 Å². The number of rotatable bonds is 6. The maximum atomic E-state index is 12.9. The zero-order valence-electron chi connectivity index (χ0n) is 21.6. The third-order valence-electron chi connectivity index (χ3n) is 5.49. The molecule has 4 aromatic rings. The minimum absolute atomic E-state index is 0.226. The Labute approximate surface area is 216 Å². The Balaban J connectivity index is 1.43. The normalized spacial score (nSPS) is 11.2. The number of carbonyl (C=O) groups is 2. The fourth-order valence-corrected chi connectivity index (χ4v) is 3.73. The lowest BCUT2D eigenvalue weighted by atomic mass is 9.97. The second-order valence-electron chi connectivity index (χ2n) is 9.74. The van der Waals surface area contributed by atoms with Crippen LogP contribution in [0.1, 0.15) is 48.1 Å². The Morgan fingerprint density at radius 1 is 0.919 bits per heavy atom. The molecular formula is C29H30N4O4. The molecule has 1 heterocycles. The molecule has 0 bridgehead atoms. The molecule has 1 aromatic heterocycles. The van der Waals surface area contributed by atoms with Crippen molar-refractivity contribution in [3.05, 3.63) is 89.3 Å². The van der Waals surface area contributed by atoms with E-state index in [1.54, 1.807) is 25.1 Å². The van der Waals surface area contributed by atoms with Crippen molar-refractivity contribution in [2.45, 2.75) is 46.8 Å². The zero-order valence-corrected chi connectivity index (χ0v) is 21.6. The minimum Gasteiger partial charge on any atom is -0.444 e. The summed E-state index contributed by atoms with van der Waals surface area (Å²) in [5.74, 6) is 0.756. The molecule has 0 fully saturated rings. The molecule has 190 valence electrons. The maximum Gasteiger partial charge on any atom is 0.407 e. The van der Waals surface area contributed by atoms with Gasteiger partial charge in [-0.1, -0.05) is 30.3 Å². The van der Waals surface area contributed by atoms with Crippen molar-refractivity contribution in [3.63, 3.8) is 0 Å². The second-order valence-corrected chi connectivity index (χ2v) is 9.74. The highest BCUT2D eigenvalue weighted by Crippen LogP contribution is 2.29. The molecule has 0 aliphatic rings. The first-order valence-corrected chi connectivity index (χ1v) is 12.0. The van der Waals surface area contributed by atoms with Crippen molar-refractivity contribution in [2.24, 2.45) is 0 Å². The van der Waals surface area contributed by atoms with Crippen LogP contribution in [-0.4, -0.2) is 27.8 Å². The van der Waals surface area contributed by atoms with Crippen LogP contribution in [0.3, 0.4) is 0 Å². The SMILES string of the molecule is Cc1nnc(-c2ccc(C)c(-c3ccc(C(=O)Nc4cccc(CNC(=O)OC(C)(C)C)c4)cc3)c2)o1. The molecule has 0 radical (unpaired) electrons. The molecule has 37 heavy (non-hydrogen) atoms. The number of benzene rings is 3. The molecule has 0 saturated heterocycles. The highest BCUT2D eigenvalue weighted by Gasteiger charge is 2.16. The summed E-state index contributed by atoms with van der Waals surface area (Å²) in [6.45, 7) is 9.50. The highest BCUT2D eigenvalue weighted by molar-refractivity contribution is 6.04. The van der Waals surface area contributed by atoms with E-state index in [0.29, 0.717) is 23.0 Å². The first kappa shape index (κ1) is 25.6. The van der Waals surface area contributed by atoms with Crippen LogP contribution < -0.4 is 10.6 Å². The smallest absolute Gasteiger partial charge is 0.407 e. The van der Waals surface area contributed by atoms with E-state index >= 15 is 0 Å². The van der Waals surface area contributed by atoms with Crippen LogP contribution in [0.2, 0.25) is 0 Å². The monoisotopic (exact) mass is 498 g/mol. The standard InChI is InChI=1S/C29H30N4O4/c1-18-9-10-23(27-33-32-19(2)36-27)16-25(18)21-11-13-22(14-12-21)26(34)31-24-8-6-7-20(15-24)17-30-28(35)37-29(3,4)5/h6-16H,17H2,1-5H3,(H,30,35)(H,31,34). The van der Waals surface area contributed by atoms with Gasteiger partial charge >= 0.3 is 6.09 Å². The lowest BCUT2D eigenvalue weighted by molar-refractivity contribution is 0.0523. The van der Waals surface area contributed by atoms with E-state index in [-0.39, 0.29) is 12.5 Å². The number of hydrogen-bond donors (Lipinski definition) is 2. The molecule has 0 saturated carbocycles. The number of ether oxygens (including phenoxy) is 1. The molecule has 8 heteroatoms. The van der Waals surface area contributed by atoms with Gasteiger partial charge in [0.1, 0.15) is 5.60 Å². The Kier molecular flexibility index (Phi) is 7.38. The van der Waals surface area contributed by atoms with E-state index in [9.17, 15) is 9.59 Å². The largest absolute Gasteiger partial charge is 0.444 e. The molecule has 0 spiro atoms. The number of alkyl carbamates (subject to hydrolysis) is 1. The van der Waals surface area contributed by atoms with Crippen molar-refractivity contribution in [1.82, 2.24) is 15.5 Å². The van der Waals surface area contributed by atoms with Gasteiger partial charge in [-0.3, -0.25) is 4.79 Å². The molecule has 8 nitrogen and oxygen atoms in total. The van der Waals surface area contributed by atoms with Crippen LogP contribution in [0.5, 0.6) is 0 Å². The average Bonchev–Trinajstić information content (AvgIpc) is 3.28. The van der Waals surface area contributed by atoms with Gasteiger partial charge in [-0.15, -0.1) is 10.2 Å². The molecule has 0 atom stereocenters. The minimum atomic E-state index is -0.565. The number of anilines is 1. The zero-order chi connectivity index (χ0) is 26.6. The van der Waals surface area contributed by atoms with Crippen molar-refractivity contribution in [1.29, 1.82) is 0 Å². The molecule has 0 unspecified atom stereocenters. The van der Waals surface area contributed by atoms with Gasteiger partial charge in [0.05, 0.1) is 0 Å². The number of amides is 2. The maximum absolute atomic E-state index is 12.9. The Hall–Kier alpha value is -4.46. The molecule has 2 N–H and O–H groups in total. The first-order chi connectivity index (χ1) is 17.6. The second kappa shape index (κ2) is 10.7. The van der Waals surface area contributed by atoms with Crippen molar-refractivity contribution in [3.8, 4) is 22.6 Å². The third kappa shape index (κ3) is 6.82. The lowest BCUT2D eigenvalue weighted by Crippen LogP contribution is -2.32. The Morgan fingerprint density at radius 3 is 2.32 bits per heavy atom. The molecule has 2 amide bonds. The Bertz CT molecular complexity index is 1420. The van der Waals surface area contributed by atoms with Crippen LogP contribution in [0, 0.1) is 13.8 Å². The number of nitrogens with one attached hydrogen (secondary N) is 2. The van der Waals surface area contributed by atoms with Gasteiger partial charge in [0.25, 0.3) is 5.91 Å². The van der Waals surface area contributed by atoms with Crippen LogP contribution in [-0.2, 0) is 11.3 Å². The molecular weight excluding hydrogens is 468 g/mol. The predicted octanol–water partition coefficient (Wildman–Crippen LogP) is 6.30. The van der Waals surface area contributed by atoms with Gasteiger partial charge in [0.15, 0.2) is 0 Å². The summed E-state index contributed by atoms with van der Waals surface area (Å²) in [4.78, 5) is 24.8. The van der Waals surface area contributed by atoms with Gasteiger partial charge in [-0.25, -0.2) is 4.79 Å². The van der Waals surface area contributed by atoms with Gasteiger partial charge in [0.2, 0.25) is 11.8 Å². The molecule has 0 aliphatic carbocycles. The predicted molar refractivity (Wildman–Crippen MR) is 142 cm³/mol. The number of carbonyl (C=O) groups excluding carboxylic acids is 2. The average molecular weight is 499 g/mol. The lowest BCUT2D eigenvalue weighted by Gasteiger charge is -2.19. The van der Waals surface area contributed by atoms with Crippen LogP contribution >= 0.6 is 0 Å². The summed E-state index contributed by atoms with van der Waals surface area (Å²) >= 11 is 0. The van der Waals surface area contributed by atoms with Crippen LogP contribution in [0.15, 0.2) is 71.1 Å². The summed E-state index contributed by atoms with van der Waals surface area (Å²) in [6.07, 6.45) is -0.491. The number of aryl methyl sites for hydroxylation is 2. The van der Waals surface area contributed by atoms with Crippen LogP contribution in [0.4, 0.5) is 10.5 Å². The van der Waals surface area contributed by atoms with E-state index in [0.717, 1.165) is 27.8 Å². The number of hydrogen-bond acceptors (Lipinski definition) is 6. The summed E-state index contributed by atoms with van der Waals surface area (Å²) in [5, 5.41) is 13.6. The van der Waals surface area contributed by atoms with Crippen molar-refractivity contribution < 1.29 is 18.7 Å². The number of aromatic nitrogens is 2. The van der Waals surface area contributed by atoms with Gasteiger partial charge in [-0.2, -0.15) is 0 Å². The summed E-state index contributed by atoms with van der Waals surface area (Å²) in [6, 6.07) is 20.7. The quantitative estimate of drug-likeness (QED) is 0.323. The van der Waals surface area contributed by atoms with Gasteiger partial charge in [-0.05, 0) is 86.3 Å². The van der Waals surface area contributed by atoms with E-state index < -0.39 is 11.7 Å². The van der Waals surface area contributed by atoms with E-state index in [1.807, 2.05) is 76.2 Å². The van der Waals surface area contributed by atoms with Crippen molar-refractivity contribution in [2.75, 3.05) is 5.32 Å².